The fourth-order valence-electron chi connectivity index (χ4n) is 2.04. The first-order valence-electron chi connectivity index (χ1n) is 6.19. The monoisotopic (exact) mass is 246 g/mol. The zero-order valence-corrected chi connectivity index (χ0v) is 10.7. The van der Waals surface area contributed by atoms with Crippen molar-refractivity contribution in [2.75, 3.05) is 0 Å². The van der Waals surface area contributed by atoms with Crippen molar-refractivity contribution in [2.45, 2.75) is 39.3 Å². The summed E-state index contributed by atoms with van der Waals surface area (Å²) in [6, 6.07) is 5.77. The maximum atomic E-state index is 11.8. The molecule has 2 amide bonds. The van der Waals surface area contributed by atoms with Gasteiger partial charge in [0.25, 0.3) is 0 Å². The lowest BCUT2D eigenvalue weighted by Crippen LogP contribution is -2.41. The molecule has 1 fully saturated rings. The third-order valence-corrected chi connectivity index (χ3v) is 3.35. The van der Waals surface area contributed by atoms with E-state index in [4.69, 9.17) is 0 Å². The smallest absolute Gasteiger partial charge is 0.242 e. The number of hydrogen-bond acceptors (Lipinski definition) is 2. The van der Waals surface area contributed by atoms with Crippen LogP contribution in [0.2, 0.25) is 0 Å². The van der Waals surface area contributed by atoms with E-state index in [1.807, 2.05) is 12.1 Å². The van der Waals surface area contributed by atoms with E-state index in [0.717, 1.165) is 5.56 Å². The molecule has 1 aliphatic rings. The molecule has 1 aromatic carbocycles. The van der Waals surface area contributed by atoms with Crippen LogP contribution in [-0.2, 0) is 16.1 Å². The fourth-order valence-corrected chi connectivity index (χ4v) is 2.04. The first kappa shape index (κ1) is 12.6. The van der Waals surface area contributed by atoms with Crippen LogP contribution in [0.4, 0.5) is 0 Å². The summed E-state index contributed by atoms with van der Waals surface area (Å²) >= 11 is 0. The van der Waals surface area contributed by atoms with Gasteiger partial charge in [-0.3, -0.25) is 9.59 Å². The second-order valence-corrected chi connectivity index (χ2v) is 4.80. The van der Waals surface area contributed by atoms with Crippen molar-refractivity contribution in [3.05, 3.63) is 34.9 Å². The molecular weight excluding hydrogens is 228 g/mol. The Morgan fingerprint density at radius 1 is 1.39 bits per heavy atom. The Balaban J connectivity index is 1.89. The minimum Gasteiger partial charge on any atom is -0.350 e. The van der Waals surface area contributed by atoms with E-state index in [9.17, 15) is 9.59 Å². The number of hydrogen-bond donors (Lipinski definition) is 2. The van der Waals surface area contributed by atoms with Crippen LogP contribution < -0.4 is 10.6 Å². The Morgan fingerprint density at radius 2 is 2.17 bits per heavy atom. The van der Waals surface area contributed by atoms with E-state index in [-0.39, 0.29) is 17.9 Å². The van der Waals surface area contributed by atoms with Gasteiger partial charge in [0.1, 0.15) is 6.04 Å². The molecule has 18 heavy (non-hydrogen) atoms. The number of carbonyl (C=O) groups excluding carboxylic acids is 2. The summed E-state index contributed by atoms with van der Waals surface area (Å²) in [5, 5.41) is 5.51. The van der Waals surface area contributed by atoms with Gasteiger partial charge < -0.3 is 10.6 Å². The van der Waals surface area contributed by atoms with Gasteiger partial charge in [0.05, 0.1) is 0 Å². The predicted octanol–water partition coefficient (Wildman–Crippen LogP) is 1.20. The van der Waals surface area contributed by atoms with Crippen LogP contribution in [0.5, 0.6) is 0 Å². The van der Waals surface area contributed by atoms with Gasteiger partial charge in [-0.25, -0.2) is 0 Å². The first-order valence-corrected chi connectivity index (χ1v) is 6.19. The highest BCUT2D eigenvalue weighted by molar-refractivity contribution is 5.90. The largest absolute Gasteiger partial charge is 0.350 e. The molecule has 96 valence electrons. The second-order valence-electron chi connectivity index (χ2n) is 4.80. The number of amides is 2. The van der Waals surface area contributed by atoms with Crippen molar-refractivity contribution in [3.8, 4) is 0 Å². The lowest BCUT2D eigenvalue weighted by Gasteiger charge is -2.11. The van der Waals surface area contributed by atoms with E-state index < -0.39 is 0 Å². The van der Waals surface area contributed by atoms with Crippen LogP contribution in [0, 0.1) is 13.8 Å². The van der Waals surface area contributed by atoms with Gasteiger partial charge in [-0.2, -0.15) is 0 Å². The van der Waals surface area contributed by atoms with E-state index >= 15 is 0 Å². The molecule has 0 aromatic heterocycles. The topological polar surface area (TPSA) is 58.2 Å². The fraction of sp³-hybridized carbons (Fsp3) is 0.429. The number of carbonyl (C=O) groups is 2. The van der Waals surface area contributed by atoms with Gasteiger partial charge in [-0.1, -0.05) is 18.2 Å². The number of nitrogens with one attached hydrogen (secondary N) is 2. The molecule has 0 radical (unpaired) electrons. The molecule has 0 saturated carbocycles. The maximum absolute atomic E-state index is 11.8. The van der Waals surface area contributed by atoms with Crippen LogP contribution in [-0.4, -0.2) is 17.9 Å². The molecule has 2 N–H and O–H groups in total. The summed E-state index contributed by atoms with van der Waals surface area (Å²) in [7, 11) is 0. The minimum atomic E-state index is -0.357. The summed E-state index contributed by atoms with van der Waals surface area (Å²) < 4.78 is 0. The van der Waals surface area contributed by atoms with Crippen LogP contribution in [0.15, 0.2) is 18.2 Å². The quantitative estimate of drug-likeness (QED) is 0.842. The van der Waals surface area contributed by atoms with Crippen LogP contribution in [0.1, 0.15) is 29.5 Å². The Labute approximate surface area is 107 Å². The van der Waals surface area contributed by atoms with Gasteiger partial charge in [-0.15, -0.1) is 0 Å². The highest BCUT2D eigenvalue weighted by Gasteiger charge is 2.26. The Hall–Kier alpha value is -1.84. The summed E-state index contributed by atoms with van der Waals surface area (Å²) in [6.45, 7) is 4.62. The molecule has 1 aliphatic heterocycles. The molecule has 1 atom stereocenters. The molecule has 0 bridgehead atoms. The van der Waals surface area contributed by atoms with E-state index in [1.165, 1.54) is 11.1 Å². The summed E-state index contributed by atoms with van der Waals surface area (Å²) in [4.78, 5) is 22.8. The van der Waals surface area contributed by atoms with Crippen molar-refractivity contribution in [1.29, 1.82) is 0 Å². The highest BCUT2D eigenvalue weighted by atomic mass is 16.2. The molecular formula is C14H18N2O2. The van der Waals surface area contributed by atoms with Crippen LogP contribution >= 0.6 is 0 Å². The average molecular weight is 246 g/mol. The minimum absolute atomic E-state index is 0.0404. The third kappa shape index (κ3) is 2.88. The SMILES string of the molecule is Cc1ccc(CNC(=O)C2CCC(=O)N2)cc1C. The molecule has 1 saturated heterocycles. The third-order valence-electron chi connectivity index (χ3n) is 3.35. The molecule has 4 nitrogen and oxygen atoms in total. The predicted molar refractivity (Wildman–Crippen MR) is 68.9 cm³/mol. The van der Waals surface area contributed by atoms with Crippen molar-refractivity contribution >= 4 is 11.8 Å². The van der Waals surface area contributed by atoms with E-state index in [1.54, 1.807) is 0 Å². The standard InChI is InChI=1S/C14H18N2O2/c1-9-3-4-11(7-10(9)2)8-15-14(18)12-5-6-13(17)16-12/h3-4,7,12H,5-6,8H2,1-2H3,(H,15,18)(H,16,17). The van der Waals surface area contributed by atoms with Crippen LogP contribution in [0.3, 0.4) is 0 Å². The zero-order valence-electron chi connectivity index (χ0n) is 10.7. The van der Waals surface area contributed by atoms with E-state index in [2.05, 4.69) is 30.5 Å². The number of benzene rings is 1. The molecule has 0 spiro atoms. The van der Waals surface area contributed by atoms with Crippen molar-refractivity contribution in [3.63, 3.8) is 0 Å². The van der Waals surface area contributed by atoms with Crippen LogP contribution in [0.25, 0.3) is 0 Å². The van der Waals surface area contributed by atoms with Crippen molar-refractivity contribution in [1.82, 2.24) is 10.6 Å². The summed E-state index contributed by atoms with van der Waals surface area (Å²) in [6.07, 6.45) is 1.04. The van der Waals surface area contributed by atoms with Gasteiger partial charge in [0.15, 0.2) is 0 Å². The Kier molecular flexibility index (Phi) is 3.65. The van der Waals surface area contributed by atoms with Gasteiger partial charge >= 0.3 is 0 Å². The molecule has 1 unspecified atom stereocenters. The first-order chi connectivity index (χ1) is 8.56. The normalized spacial score (nSPS) is 18.6. The second kappa shape index (κ2) is 5.21. The Morgan fingerprint density at radius 3 is 2.78 bits per heavy atom. The summed E-state index contributed by atoms with van der Waals surface area (Å²) in [5.74, 6) is -0.139. The lowest BCUT2D eigenvalue weighted by atomic mass is 10.1. The zero-order chi connectivity index (χ0) is 13.1. The molecule has 1 aromatic rings. The maximum Gasteiger partial charge on any atom is 0.242 e. The summed E-state index contributed by atoms with van der Waals surface area (Å²) in [5.41, 5.74) is 3.54. The highest BCUT2D eigenvalue weighted by Crippen LogP contribution is 2.10. The number of rotatable bonds is 3. The molecule has 1 heterocycles. The number of aryl methyl sites for hydroxylation is 2. The Bertz CT molecular complexity index is 483. The van der Waals surface area contributed by atoms with E-state index in [0.29, 0.717) is 19.4 Å². The molecule has 2 rings (SSSR count). The van der Waals surface area contributed by atoms with Crippen molar-refractivity contribution in [2.24, 2.45) is 0 Å². The van der Waals surface area contributed by atoms with Crippen molar-refractivity contribution < 1.29 is 9.59 Å². The molecule has 0 aliphatic carbocycles. The van der Waals surface area contributed by atoms with Gasteiger partial charge in [0.2, 0.25) is 11.8 Å². The molecule has 4 heteroatoms. The lowest BCUT2D eigenvalue weighted by molar-refractivity contribution is -0.125. The van der Waals surface area contributed by atoms with Gasteiger partial charge in [0, 0.05) is 13.0 Å². The van der Waals surface area contributed by atoms with Gasteiger partial charge in [-0.05, 0) is 37.0 Å². The average Bonchev–Trinajstić information content (AvgIpc) is 2.77.